The molecular weight excluding hydrogens is 647 g/mol. The maximum Gasteiger partial charge on any atom is 0.417 e. The fourth-order valence-corrected chi connectivity index (χ4v) is 5.46. The predicted molar refractivity (Wildman–Crippen MR) is 156 cm³/mol. The van der Waals surface area contributed by atoms with Crippen LogP contribution in [0.2, 0.25) is 5.02 Å². The summed E-state index contributed by atoms with van der Waals surface area (Å²) in [5, 5.41) is 2.12. The van der Waals surface area contributed by atoms with E-state index in [1.807, 2.05) is 0 Å². The molecule has 3 aromatic carbocycles. The number of hydrogen-bond donors (Lipinski definition) is 1. The molecule has 0 radical (unpaired) electrons. The summed E-state index contributed by atoms with van der Waals surface area (Å²) in [5.41, 5.74) is -0.224. The number of anilines is 1. The number of nitrogens with one attached hydrogen (secondary N) is 1. The molecule has 0 aliphatic heterocycles. The van der Waals surface area contributed by atoms with Gasteiger partial charge >= 0.3 is 6.18 Å². The van der Waals surface area contributed by atoms with Crippen molar-refractivity contribution in [2.24, 2.45) is 0 Å². The van der Waals surface area contributed by atoms with Crippen LogP contribution >= 0.6 is 27.5 Å². The quantitative estimate of drug-likeness (QED) is 0.284. The molecule has 0 unspecified atom stereocenters. The predicted octanol–water partition coefficient (Wildman–Crippen LogP) is 5.66. The average molecular weight is 675 g/mol. The Hall–Kier alpha value is -3.09. The minimum absolute atomic E-state index is 0.0627. The minimum atomic E-state index is -4.85. The van der Waals surface area contributed by atoms with E-state index in [-0.39, 0.29) is 19.5 Å². The first-order valence-electron chi connectivity index (χ1n) is 12.4. The van der Waals surface area contributed by atoms with Gasteiger partial charge in [0.25, 0.3) is 0 Å². The second kappa shape index (κ2) is 13.7. The van der Waals surface area contributed by atoms with Crippen molar-refractivity contribution in [3.63, 3.8) is 0 Å². The highest BCUT2D eigenvalue weighted by Gasteiger charge is 2.36. The van der Waals surface area contributed by atoms with E-state index < -0.39 is 56.9 Å². The summed E-state index contributed by atoms with van der Waals surface area (Å²) in [6, 6.07) is 17.5. The highest BCUT2D eigenvalue weighted by molar-refractivity contribution is 9.10. The van der Waals surface area contributed by atoms with Crippen molar-refractivity contribution >= 4 is 55.1 Å². The number of carbonyl (C=O) groups is 2. The fourth-order valence-electron chi connectivity index (χ4n) is 4.13. The Labute approximate surface area is 250 Å². The third-order valence-corrected chi connectivity index (χ3v) is 8.11. The molecule has 2 amide bonds. The van der Waals surface area contributed by atoms with E-state index in [0.717, 1.165) is 28.4 Å². The zero-order valence-electron chi connectivity index (χ0n) is 22.2. The molecule has 1 atom stereocenters. The number of nitrogens with zero attached hydrogens (tertiary/aromatic N) is 2. The molecule has 0 heterocycles. The lowest BCUT2D eigenvalue weighted by Crippen LogP contribution is -2.53. The van der Waals surface area contributed by atoms with Gasteiger partial charge in [0.15, 0.2) is 0 Å². The van der Waals surface area contributed by atoms with E-state index in [9.17, 15) is 31.2 Å². The van der Waals surface area contributed by atoms with Crippen molar-refractivity contribution < 1.29 is 31.2 Å². The van der Waals surface area contributed by atoms with Crippen molar-refractivity contribution in [3.8, 4) is 0 Å². The van der Waals surface area contributed by atoms with Crippen molar-refractivity contribution in [2.75, 3.05) is 23.7 Å². The van der Waals surface area contributed by atoms with Crippen LogP contribution in [-0.4, -0.2) is 50.5 Å². The summed E-state index contributed by atoms with van der Waals surface area (Å²) in [7, 11) is -4.25. The number of carbonyl (C=O) groups excluding carboxylic acids is 2. The molecule has 41 heavy (non-hydrogen) atoms. The molecule has 13 heteroatoms. The van der Waals surface area contributed by atoms with Gasteiger partial charge in [-0.15, -0.1) is 0 Å². The third kappa shape index (κ3) is 8.95. The molecule has 0 aromatic heterocycles. The van der Waals surface area contributed by atoms with Crippen LogP contribution in [0.15, 0.2) is 77.3 Å². The van der Waals surface area contributed by atoms with E-state index in [4.69, 9.17) is 11.6 Å². The molecule has 0 aliphatic carbocycles. The molecule has 0 aliphatic rings. The van der Waals surface area contributed by atoms with Gasteiger partial charge in [-0.25, -0.2) is 8.42 Å². The Morgan fingerprint density at radius 1 is 1.00 bits per heavy atom. The van der Waals surface area contributed by atoms with Crippen LogP contribution in [0.5, 0.6) is 0 Å². The summed E-state index contributed by atoms with van der Waals surface area (Å²) in [6.45, 7) is 1.10. The van der Waals surface area contributed by atoms with Crippen LogP contribution in [0, 0.1) is 0 Å². The second-order valence-electron chi connectivity index (χ2n) is 9.18. The Balaban J connectivity index is 2.08. The molecule has 1 N–H and O–H groups in total. The number of halogens is 5. The molecule has 7 nitrogen and oxygen atoms in total. The van der Waals surface area contributed by atoms with Gasteiger partial charge in [0, 0.05) is 24.0 Å². The Morgan fingerprint density at radius 3 is 2.20 bits per heavy atom. The summed E-state index contributed by atoms with van der Waals surface area (Å²) < 4.78 is 67.6. The largest absolute Gasteiger partial charge is 0.417 e. The maximum atomic E-state index is 13.9. The van der Waals surface area contributed by atoms with Crippen LogP contribution in [0.25, 0.3) is 0 Å². The molecule has 0 bridgehead atoms. The van der Waals surface area contributed by atoms with Crippen LogP contribution in [0.3, 0.4) is 0 Å². The highest BCUT2D eigenvalue weighted by Crippen LogP contribution is 2.37. The van der Waals surface area contributed by atoms with Gasteiger partial charge in [0.1, 0.15) is 12.6 Å². The normalized spacial score (nSPS) is 12.5. The number of likely N-dealkylation sites (N-methyl/N-ethyl adjacent to an activating group) is 1. The van der Waals surface area contributed by atoms with E-state index >= 15 is 0 Å². The van der Waals surface area contributed by atoms with E-state index in [1.54, 1.807) is 61.5 Å². The number of hydrogen-bond acceptors (Lipinski definition) is 4. The monoisotopic (exact) mass is 673 g/mol. The number of amides is 2. The highest BCUT2D eigenvalue weighted by atomic mass is 79.9. The molecule has 0 saturated heterocycles. The van der Waals surface area contributed by atoms with E-state index in [2.05, 4.69) is 21.2 Å². The summed E-state index contributed by atoms with van der Waals surface area (Å²) in [5.74, 6) is -1.24. The summed E-state index contributed by atoms with van der Waals surface area (Å²) >= 11 is 9.08. The lowest BCUT2D eigenvalue weighted by molar-refractivity contribution is -0.140. The van der Waals surface area contributed by atoms with E-state index in [0.29, 0.717) is 15.9 Å². The molecule has 3 aromatic rings. The van der Waals surface area contributed by atoms with Crippen LogP contribution in [0.1, 0.15) is 23.6 Å². The lowest BCUT2D eigenvalue weighted by atomic mass is 10.0. The number of sulfonamides is 1. The first-order chi connectivity index (χ1) is 19.2. The zero-order valence-corrected chi connectivity index (χ0v) is 25.3. The van der Waals surface area contributed by atoms with Crippen molar-refractivity contribution in [2.45, 2.75) is 32.1 Å². The lowest BCUT2D eigenvalue weighted by Gasteiger charge is -2.33. The maximum absolute atomic E-state index is 13.9. The van der Waals surface area contributed by atoms with Gasteiger partial charge in [0.2, 0.25) is 21.8 Å². The molecule has 220 valence electrons. The van der Waals surface area contributed by atoms with Gasteiger partial charge in [-0.2, -0.15) is 13.2 Å². The Bertz CT molecular complexity index is 1470. The van der Waals surface area contributed by atoms with E-state index in [1.165, 1.54) is 4.90 Å². The summed E-state index contributed by atoms with van der Waals surface area (Å²) in [4.78, 5) is 28.5. The zero-order chi connectivity index (χ0) is 30.4. The average Bonchev–Trinajstić information content (AvgIpc) is 2.90. The van der Waals surface area contributed by atoms with Crippen LogP contribution < -0.4 is 9.62 Å². The Kier molecular flexibility index (Phi) is 10.8. The molecular formula is C28H28BrClF3N3O4S. The molecule has 3 rings (SSSR count). The van der Waals surface area contributed by atoms with Gasteiger partial charge in [-0.1, -0.05) is 70.0 Å². The van der Waals surface area contributed by atoms with Crippen LogP contribution in [0.4, 0.5) is 18.9 Å². The minimum Gasteiger partial charge on any atom is -0.355 e. The first-order valence-corrected chi connectivity index (χ1v) is 15.4. The van der Waals surface area contributed by atoms with Crippen LogP contribution in [-0.2, 0) is 38.8 Å². The van der Waals surface area contributed by atoms with Crippen molar-refractivity contribution in [1.82, 2.24) is 10.2 Å². The summed E-state index contributed by atoms with van der Waals surface area (Å²) in [6.07, 6.45) is -3.95. The third-order valence-electron chi connectivity index (χ3n) is 6.11. The topological polar surface area (TPSA) is 86.8 Å². The number of alkyl halides is 3. The standard InChI is InChI=1S/C28H28BrClF3N3O4S/c1-3-34-27(38)25(15-19-7-5-4-6-8-19)35(17-20-9-11-21(29)12-10-20)26(37)18-36(41(2,39)40)22-13-14-24(30)23(16-22)28(31,32)33/h4-14,16,25H,3,15,17-18H2,1-2H3,(H,34,38)/t25-/m1/s1. The fraction of sp³-hybridized carbons (Fsp3) is 0.286. The SMILES string of the molecule is CCNC(=O)[C@@H](Cc1ccccc1)N(Cc1ccc(Br)cc1)C(=O)CN(c1ccc(Cl)c(C(F)(F)F)c1)S(C)(=O)=O. The Morgan fingerprint density at radius 2 is 1.63 bits per heavy atom. The van der Waals surface area contributed by atoms with Gasteiger partial charge in [0.05, 0.1) is 22.5 Å². The van der Waals surface area contributed by atoms with Gasteiger partial charge < -0.3 is 10.2 Å². The van der Waals surface area contributed by atoms with Crippen molar-refractivity contribution in [1.29, 1.82) is 0 Å². The van der Waals surface area contributed by atoms with Gasteiger partial charge in [-0.05, 0) is 48.4 Å². The molecule has 0 spiro atoms. The van der Waals surface area contributed by atoms with Gasteiger partial charge in [-0.3, -0.25) is 13.9 Å². The number of benzene rings is 3. The first kappa shape index (κ1) is 32.4. The second-order valence-corrected chi connectivity index (χ2v) is 12.4. The molecule has 0 fully saturated rings. The number of rotatable bonds is 11. The molecule has 0 saturated carbocycles. The van der Waals surface area contributed by atoms with Crippen molar-refractivity contribution in [3.05, 3.63) is 99.0 Å². The smallest absolute Gasteiger partial charge is 0.355 e.